The van der Waals surface area contributed by atoms with Crippen LogP contribution in [0.3, 0.4) is 0 Å². The Bertz CT molecular complexity index is 725. The quantitative estimate of drug-likeness (QED) is 0.416. The van der Waals surface area contributed by atoms with E-state index in [4.69, 9.17) is 11.5 Å². The summed E-state index contributed by atoms with van der Waals surface area (Å²) in [5, 5.41) is 5.08. The third-order valence-electron chi connectivity index (χ3n) is 3.51. The molecular formula is C16H20F2N6O. The van der Waals surface area contributed by atoms with Crippen molar-refractivity contribution in [1.82, 2.24) is 10.6 Å². The lowest BCUT2D eigenvalue weighted by Crippen LogP contribution is -2.38. The number of carbonyl (C=O) groups is 1. The monoisotopic (exact) mass is 350 g/mol. The smallest absolute Gasteiger partial charge is 0.278 e. The number of amidine groups is 1. The number of hydrogen-bond acceptors (Lipinski definition) is 6. The van der Waals surface area contributed by atoms with Crippen LogP contribution in [0.4, 0.5) is 8.78 Å². The van der Waals surface area contributed by atoms with Crippen LogP contribution in [0, 0.1) is 0 Å². The van der Waals surface area contributed by atoms with Crippen molar-refractivity contribution in [3.05, 3.63) is 46.6 Å². The van der Waals surface area contributed by atoms with E-state index in [1.54, 1.807) is 7.05 Å². The molecule has 1 heterocycles. The molecule has 1 aliphatic carbocycles. The molecule has 0 saturated heterocycles. The number of nitrogens with one attached hydrogen (secondary N) is 2. The van der Waals surface area contributed by atoms with Crippen molar-refractivity contribution >= 4 is 18.0 Å². The largest absolute Gasteiger partial charge is 0.404 e. The Balaban J connectivity index is 2.17. The van der Waals surface area contributed by atoms with Crippen LogP contribution < -0.4 is 22.1 Å². The van der Waals surface area contributed by atoms with E-state index in [9.17, 15) is 13.6 Å². The fourth-order valence-electron chi connectivity index (χ4n) is 2.10. The zero-order valence-corrected chi connectivity index (χ0v) is 13.7. The number of nitrogens with two attached hydrogens (primary N) is 2. The highest BCUT2D eigenvalue weighted by atomic mass is 19.3. The predicted molar refractivity (Wildman–Crippen MR) is 92.9 cm³/mol. The van der Waals surface area contributed by atoms with Gasteiger partial charge in [0.1, 0.15) is 5.84 Å². The van der Waals surface area contributed by atoms with Crippen LogP contribution in [0.2, 0.25) is 0 Å². The SMILES string of the molecule is CN=CC(=CN)CNC(=O)C(=CN)C1=NC(=C2CC2)C=C(C(F)F)N1. The van der Waals surface area contributed by atoms with Crippen LogP contribution in [0.25, 0.3) is 0 Å². The highest BCUT2D eigenvalue weighted by Crippen LogP contribution is 2.34. The van der Waals surface area contributed by atoms with E-state index >= 15 is 0 Å². The van der Waals surface area contributed by atoms with E-state index in [0.29, 0.717) is 11.3 Å². The Morgan fingerprint density at radius 3 is 2.68 bits per heavy atom. The van der Waals surface area contributed by atoms with Crippen molar-refractivity contribution in [2.75, 3.05) is 13.6 Å². The number of carbonyl (C=O) groups excluding carboxylic acids is 1. The highest BCUT2D eigenvalue weighted by molar-refractivity contribution is 6.21. The summed E-state index contributed by atoms with van der Waals surface area (Å²) < 4.78 is 26.2. The van der Waals surface area contributed by atoms with Gasteiger partial charge in [-0.1, -0.05) is 0 Å². The molecule has 1 saturated carbocycles. The maximum Gasteiger partial charge on any atom is 0.278 e. The second-order valence-electron chi connectivity index (χ2n) is 5.37. The molecule has 134 valence electrons. The minimum Gasteiger partial charge on any atom is -0.404 e. The standard InChI is InChI=1S/C16H20F2N6O/c1-21-7-9(5-19)8-22-16(25)11(6-20)15-23-12(10-2-3-10)4-13(24-15)14(17)18/h4-7,14H,2-3,8,19-20H2,1H3,(H,22,25)(H,23,24). The van der Waals surface area contributed by atoms with E-state index in [1.165, 1.54) is 18.5 Å². The Kier molecular flexibility index (Phi) is 6.04. The van der Waals surface area contributed by atoms with Crippen LogP contribution in [0.15, 0.2) is 56.6 Å². The van der Waals surface area contributed by atoms with E-state index in [-0.39, 0.29) is 23.7 Å². The summed E-state index contributed by atoms with van der Waals surface area (Å²) in [7, 11) is 1.57. The average Bonchev–Trinajstić information content (AvgIpc) is 3.44. The van der Waals surface area contributed by atoms with E-state index in [0.717, 1.165) is 24.6 Å². The fraction of sp³-hybridized carbons (Fsp3) is 0.312. The lowest BCUT2D eigenvalue weighted by molar-refractivity contribution is -0.116. The summed E-state index contributed by atoms with van der Waals surface area (Å²) in [6, 6.07) is 0. The summed E-state index contributed by atoms with van der Waals surface area (Å²) in [5.74, 6) is -0.567. The molecule has 1 amide bonds. The van der Waals surface area contributed by atoms with Crippen molar-refractivity contribution in [3.63, 3.8) is 0 Å². The third kappa shape index (κ3) is 4.75. The molecule has 0 aromatic rings. The summed E-state index contributed by atoms with van der Waals surface area (Å²) in [5.41, 5.74) is 12.6. The lowest BCUT2D eigenvalue weighted by atomic mass is 10.1. The van der Waals surface area contributed by atoms with Gasteiger partial charge < -0.3 is 22.1 Å². The molecule has 0 aromatic heterocycles. The van der Waals surface area contributed by atoms with Crippen molar-refractivity contribution in [3.8, 4) is 0 Å². The van der Waals surface area contributed by atoms with Gasteiger partial charge in [-0.15, -0.1) is 0 Å². The first kappa shape index (κ1) is 18.4. The average molecular weight is 350 g/mol. The molecule has 0 spiro atoms. The van der Waals surface area contributed by atoms with Gasteiger partial charge in [-0.25, -0.2) is 13.8 Å². The number of nitrogens with zero attached hydrogens (tertiary/aromatic N) is 2. The molecule has 0 atom stereocenters. The molecule has 1 fully saturated rings. The lowest BCUT2D eigenvalue weighted by Gasteiger charge is -2.19. The first-order valence-corrected chi connectivity index (χ1v) is 7.61. The first-order valence-electron chi connectivity index (χ1n) is 7.61. The van der Waals surface area contributed by atoms with Gasteiger partial charge in [0.2, 0.25) is 0 Å². The molecule has 25 heavy (non-hydrogen) atoms. The molecule has 6 N–H and O–H groups in total. The van der Waals surface area contributed by atoms with Crippen molar-refractivity contribution in [2.24, 2.45) is 21.5 Å². The summed E-state index contributed by atoms with van der Waals surface area (Å²) in [6.07, 6.45) is 4.05. The van der Waals surface area contributed by atoms with E-state index in [1.807, 2.05) is 0 Å². The maximum absolute atomic E-state index is 13.1. The molecule has 0 aromatic carbocycles. The van der Waals surface area contributed by atoms with Crippen LogP contribution in [-0.2, 0) is 4.79 Å². The first-order chi connectivity index (χ1) is 12.0. The zero-order valence-electron chi connectivity index (χ0n) is 13.7. The highest BCUT2D eigenvalue weighted by Gasteiger charge is 2.27. The molecule has 2 aliphatic rings. The molecule has 7 nitrogen and oxygen atoms in total. The number of allylic oxidation sites excluding steroid dienone is 3. The zero-order chi connectivity index (χ0) is 18.4. The van der Waals surface area contributed by atoms with Gasteiger partial charge >= 0.3 is 0 Å². The van der Waals surface area contributed by atoms with Crippen molar-refractivity contribution in [2.45, 2.75) is 19.3 Å². The Morgan fingerprint density at radius 1 is 1.44 bits per heavy atom. The van der Waals surface area contributed by atoms with Gasteiger partial charge in [0, 0.05) is 37.8 Å². The Labute approximate surface area is 144 Å². The van der Waals surface area contributed by atoms with Gasteiger partial charge in [-0.3, -0.25) is 9.79 Å². The Hall–Kier alpha value is -2.97. The third-order valence-corrected chi connectivity index (χ3v) is 3.51. The molecule has 1 aliphatic heterocycles. The number of hydrogen-bond donors (Lipinski definition) is 4. The molecular weight excluding hydrogens is 330 g/mol. The van der Waals surface area contributed by atoms with Crippen LogP contribution in [0.5, 0.6) is 0 Å². The van der Waals surface area contributed by atoms with Crippen molar-refractivity contribution < 1.29 is 13.6 Å². The van der Waals surface area contributed by atoms with Gasteiger partial charge in [-0.2, -0.15) is 0 Å². The molecule has 0 unspecified atom stereocenters. The van der Waals surface area contributed by atoms with E-state index < -0.39 is 12.3 Å². The maximum atomic E-state index is 13.1. The van der Waals surface area contributed by atoms with Gasteiger partial charge in [-0.05, 0) is 24.5 Å². The molecule has 0 bridgehead atoms. The molecule has 0 radical (unpaired) electrons. The minimum absolute atomic E-state index is 0.00497. The molecule has 2 rings (SSSR count). The van der Waals surface area contributed by atoms with Crippen LogP contribution in [0.1, 0.15) is 12.8 Å². The number of halogens is 2. The summed E-state index contributed by atoms with van der Waals surface area (Å²) in [6.45, 7) is 0.114. The van der Waals surface area contributed by atoms with Crippen molar-refractivity contribution in [1.29, 1.82) is 0 Å². The van der Waals surface area contributed by atoms with Gasteiger partial charge in [0.25, 0.3) is 12.3 Å². The van der Waals surface area contributed by atoms with Crippen LogP contribution in [-0.4, -0.2) is 38.0 Å². The topological polar surface area (TPSA) is 118 Å². The molecule has 9 heteroatoms. The fourth-order valence-corrected chi connectivity index (χ4v) is 2.10. The second-order valence-corrected chi connectivity index (χ2v) is 5.37. The number of alkyl halides is 2. The van der Waals surface area contributed by atoms with E-state index in [2.05, 4.69) is 20.6 Å². The summed E-state index contributed by atoms with van der Waals surface area (Å²) in [4.78, 5) is 20.4. The number of amides is 1. The summed E-state index contributed by atoms with van der Waals surface area (Å²) >= 11 is 0. The number of aliphatic imine (C=N–C) groups is 2. The predicted octanol–water partition coefficient (Wildman–Crippen LogP) is 0.687. The van der Waals surface area contributed by atoms with Crippen LogP contribution >= 0.6 is 0 Å². The second kappa shape index (κ2) is 8.22. The van der Waals surface area contributed by atoms with Gasteiger partial charge in [0.05, 0.1) is 17.0 Å². The normalized spacial score (nSPS) is 18.2. The Morgan fingerprint density at radius 2 is 2.16 bits per heavy atom. The van der Waals surface area contributed by atoms with Gasteiger partial charge in [0.15, 0.2) is 0 Å². The number of rotatable bonds is 6. The minimum atomic E-state index is -2.71.